The molecule has 0 saturated heterocycles. The number of aromatic nitrogens is 2. The highest BCUT2D eigenvalue weighted by Crippen LogP contribution is 2.26. The molecule has 0 saturated carbocycles. The number of phenolic OH excluding ortho intramolecular Hbond substituents is 1. The molecule has 0 unspecified atom stereocenters. The average Bonchev–Trinajstić information content (AvgIpc) is 2.83. The highest BCUT2D eigenvalue weighted by Gasteiger charge is 2.10. The van der Waals surface area contributed by atoms with Gasteiger partial charge in [-0.2, -0.15) is 5.10 Å². The SMILES string of the molecule is COc1ccc(-c2cc(-c3ccccc3)nc(N/N=C(\C)c3ccccc3O)n2)cc1. The van der Waals surface area contributed by atoms with Crippen LogP contribution in [0.25, 0.3) is 22.5 Å². The average molecular weight is 410 g/mol. The second-order valence-corrected chi connectivity index (χ2v) is 6.88. The van der Waals surface area contributed by atoms with Crippen LogP contribution in [0.4, 0.5) is 5.95 Å². The number of hydrogen-bond donors (Lipinski definition) is 2. The fourth-order valence-corrected chi connectivity index (χ4v) is 3.14. The monoisotopic (exact) mass is 410 g/mol. The number of methoxy groups -OCH3 is 1. The molecule has 0 amide bonds. The molecule has 0 aliphatic carbocycles. The van der Waals surface area contributed by atoms with Crippen molar-refractivity contribution in [2.45, 2.75) is 6.92 Å². The fraction of sp³-hybridized carbons (Fsp3) is 0.0800. The van der Waals surface area contributed by atoms with Crippen molar-refractivity contribution in [2.24, 2.45) is 5.10 Å². The van der Waals surface area contributed by atoms with Gasteiger partial charge in [0.25, 0.3) is 0 Å². The zero-order valence-electron chi connectivity index (χ0n) is 17.3. The topological polar surface area (TPSA) is 79.6 Å². The minimum atomic E-state index is 0.170. The van der Waals surface area contributed by atoms with Crippen LogP contribution in [0.15, 0.2) is 90.0 Å². The number of nitrogens with zero attached hydrogens (tertiary/aromatic N) is 3. The number of para-hydroxylation sites is 1. The van der Waals surface area contributed by atoms with Crippen molar-refractivity contribution in [3.8, 4) is 34.0 Å². The molecule has 0 fully saturated rings. The normalized spacial score (nSPS) is 11.2. The summed E-state index contributed by atoms with van der Waals surface area (Å²) in [6.07, 6.45) is 0. The number of aromatic hydroxyl groups is 1. The Morgan fingerprint density at radius 2 is 1.45 bits per heavy atom. The van der Waals surface area contributed by atoms with E-state index in [1.807, 2.05) is 73.7 Å². The number of hydrogen-bond acceptors (Lipinski definition) is 6. The summed E-state index contributed by atoms with van der Waals surface area (Å²) in [6.45, 7) is 1.81. The van der Waals surface area contributed by atoms with Crippen LogP contribution in [0.5, 0.6) is 11.5 Å². The summed E-state index contributed by atoms with van der Waals surface area (Å²) in [4.78, 5) is 9.27. The first-order chi connectivity index (χ1) is 15.1. The van der Waals surface area contributed by atoms with E-state index in [1.54, 1.807) is 25.3 Å². The highest BCUT2D eigenvalue weighted by molar-refractivity contribution is 6.01. The van der Waals surface area contributed by atoms with Gasteiger partial charge >= 0.3 is 0 Å². The summed E-state index contributed by atoms with van der Waals surface area (Å²) in [5, 5.41) is 14.4. The number of phenols is 1. The van der Waals surface area contributed by atoms with Crippen molar-refractivity contribution in [3.05, 3.63) is 90.5 Å². The van der Waals surface area contributed by atoms with Gasteiger partial charge in [0.15, 0.2) is 0 Å². The Balaban J connectivity index is 1.72. The predicted octanol–water partition coefficient (Wildman–Crippen LogP) is 5.36. The third kappa shape index (κ3) is 4.70. The largest absolute Gasteiger partial charge is 0.507 e. The zero-order chi connectivity index (χ0) is 21.6. The Bertz CT molecular complexity index is 1210. The lowest BCUT2D eigenvalue weighted by atomic mass is 10.1. The quantitative estimate of drug-likeness (QED) is 0.330. The predicted molar refractivity (Wildman–Crippen MR) is 123 cm³/mol. The molecule has 154 valence electrons. The van der Waals surface area contributed by atoms with Crippen LogP contribution in [0.3, 0.4) is 0 Å². The minimum Gasteiger partial charge on any atom is -0.507 e. The Kier molecular flexibility index (Phi) is 5.89. The van der Waals surface area contributed by atoms with Gasteiger partial charge in [-0.15, -0.1) is 0 Å². The number of hydrazone groups is 1. The third-order valence-electron chi connectivity index (χ3n) is 4.80. The van der Waals surface area contributed by atoms with E-state index < -0.39 is 0 Å². The molecule has 31 heavy (non-hydrogen) atoms. The van der Waals surface area contributed by atoms with Gasteiger partial charge in [-0.3, -0.25) is 0 Å². The summed E-state index contributed by atoms with van der Waals surface area (Å²) in [5.41, 5.74) is 7.66. The number of benzene rings is 3. The van der Waals surface area contributed by atoms with Crippen molar-refractivity contribution in [1.29, 1.82) is 0 Å². The summed E-state index contributed by atoms with van der Waals surface area (Å²) in [6, 6.07) is 26.6. The van der Waals surface area contributed by atoms with Gasteiger partial charge in [0.1, 0.15) is 11.5 Å². The number of rotatable bonds is 6. The lowest BCUT2D eigenvalue weighted by Gasteiger charge is -2.10. The van der Waals surface area contributed by atoms with Crippen molar-refractivity contribution in [1.82, 2.24) is 9.97 Å². The van der Waals surface area contributed by atoms with Crippen LogP contribution in [0.1, 0.15) is 12.5 Å². The van der Waals surface area contributed by atoms with E-state index in [1.165, 1.54) is 0 Å². The van der Waals surface area contributed by atoms with Gasteiger partial charge < -0.3 is 9.84 Å². The maximum atomic E-state index is 10.1. The van der Waals surface area contributed by atoms with E-state index in [9.17, 15) is 5.11 Å². The maximum absolute atomic E-state index is 10.1. The molecule has 3 aromatic carbocycles. The molecule has 4 aromatic rings. The van der Waals surface area contributed by atoms with Crippen molar-refractivity contribution in [3.63, 3.8) is 0 Å². The van der Waals surface area contributed by atoms with E-state index >= 15 is 0 Å². The smallest absolute Gasteiger partial charge is 0.244 e. The lowest BCUT2D eigenvalue weighted by molar-refractivity contribution is 0.415. The van der Waals surface area contributed by atoms with E-state index in [4.69, 9.17) is 4.74 Å². The van der Waals surface area contributed by atoms with Crippen LogP contribution in [0, 0.1) is 0 Å². The van der Waals surface area contributed by atoms with Crippen LogP contribution < -0.4 is 10.2 Å². The first-order valence-corrected chi connectivity index (χ1v) is 9.81. The summed E-state index contributed by atoms with van der Waals surface area (Å²) in [7, 11) is 1.64. The van der Waals surface area contributed by atoms with Crippen molar-refractivity contribution >= 4 is 11.7 Å². The summed E-state index contributed by atoms with van der Waals surface area (Å²) >= 11 is 0. The van der Waals surface area contributed by atoms with Gasteiger partial charge in [-0.05, 0) is 49.4 Å². The molecule has 1 aromatic heterocycles. The van der Waals surface area contributed by atoms with E-state index in [0.29, 0.717) is 17.2 Å². The Labute approximate surface area is 180 Å². The molecule has 6 heteroatoms. The van der Waals surface area contributed by atoms with Crippen LogP contribution in [0.2, 0.25) is 0 Å². The molecule has 0 radical (unpaired) electrons. The van der Waals surface area contributed by atoms with Crippen LogP contribution in [-0.4, -0.2) is 27.9 Å². The third-order valence-corrected chi connectivity index (χ3v) is 4.80. The molecule has 1 heterocycles. The molecule has 2 N–H and O–H groups in total. The minimum absolute atomic E-state index is 0.170. The van der Waals surface area contributed by atoms with Crippen LogP contribution in [-0.2, 0) is 0 Å². The summed E-state index contributed by atoms with van der Waals surface area (Å²) < 4.78 is 5.26. The fourth-order valence-electron chi connectivity index (χ4n) is 3.14. The number of anilines is 1. The van der Waals surface area contributed by atoms with E-state index in [-0.39, 0.29) is 5.75 Å². The van der Waals surface area contributed by atoms with Gasteiger partial charge in [-0.1, -0.05) is 42.5 Å². The van der Waals surface area contributed by atoms with Gasteiger partial charge in [0, 0.05) is 16.7 Å². The van der Waals surface area contributed by atoms with Crippen molar-refractivity contribution < 1.29 is 9.84 Å². The molecule has 0 spiro atoms. The molecule has 0 aliphatic rings. The maximum Gasteiger partial charge on any atom is 0.244 e. The second-order valence-electron chi connectivity index (χ2n) is 6.88. The lowest BCUT2D eigenvalue weighted by Crippen LogP contribution is -2.04. The van der Waals surface area contributed by atoms with Gasteiger partial charge in [-0.25, -0.2) is 15.4 Å². The molecule has 6 nitrogen and oxygen atoms in total. The molecule has 0 bridgehead atoms. The Hall–Kier alpha value is -4.19. The van der Waals surface area contributed by atoms with Crippen molar-refractivity contribution in [2.75, 3.05) is 12.5 Å². The molecule has 0 aliphatic heterocycles. The molecule has 0 atom stereocenters. The van der Waals surface area contributed by atoms with Gasteiger partial charge in [0.2, 0.25) is 5.95 Å². The van der Waals surface area contributed by atoms with E-state index in [0.717, 1.165) is 28.3 Å². The zero-order valence-corrected chi connectivity index (χ0v) is 17.3. The molecular weight excluding hydrogens is 388 g/mol. The molecular formula is C25H22N4O2. The summed E-state index contributed by atoms with van der Waals surface area (Å²) in [5.74, 6) is 1.31. The first kappa shape index (κ1) is 20.1. The highest BCUT2D eigenvalue weighted by atomic mass is 16.5. The first-order valence-electron chi connectivity index (χ1n) is 9.81. The Morgan fingerprint density at radius 1 is 0.839 bits per heavy atom. The molecule has 4 rings (SSSR count). The van der Waals surface area contributed by atoms with E-state index in [2.05, 4.69) is 20.5 Å². The second kappa shape index (κ2) is 9.09. The number of nitrogens with one attached hydrogen (secondary N) is 1. The van der Waals surface area contributed by atoms with Crippen LogP contribution >= 0.6 is 0 Å². The van der Waals surface area contributed by atoms with Gasteiger partial charge in [0.05, 0.1) is 24.2 Å². The standard InChI is InChI=1S/C25H22N4O2/c1-17(21-10-6-7-11-24(21)30)28-29-25-26-22(18-8-4-3-5-9-18)16-23(27-25)19-12-14-20(31-2)15-13-19/h3-16,30H,1-2H3,(H,26,27,29)/b28-17+. The number of ether oxygens (including phenoxy) is 1. The Morgan fingerprint density at radius 3 is 2.10 bits per heavy atom.